The minimum Gasteiger partial charge on any atom is -0.390 e. The zero-order valence-electron chi connectivity index (χ0n) is 24.5. The molecule has 45 heavy (non-hydrogen) atoms. The van der Waals surface area contributed by atoms with Gasteiger partial charge in [-0.05, 0) is 61.3 Å². The minimum absolute atomic E-state index is 0.0702. The van der Waals surface area contributed by atoms with Crippen LogP contribution in [0.2, 0.25) is 0 Å². The highest BCUT2D eigenvalue weighted by atomic mass is 32.2. The van der Waals surface area contributed by atoms with E-state index in [1.165, 1.54) is 24.3 Å². The van der Waals surface area contributed by atoms with Crippen molar-refractivity contribution in [2.24, 2.45) is 5.73 Å². The van der Waals surface area contributed by atoms with E-state index in [1.807, 2.05) is 4.90 Å². The predicted octanol–water partition coefficient (Wildman–Crippen LogP) is 2.60. The predicted molar refractivity (Wildman–Crippen MR) is 158 cm³/mol. The van der Waals surface area contributed by atoms with Gasteiger partial charge in [0.2, 0.25) is 5.91 Å². The van der Waals surface area contributed by atoms with Gasteiger partial charge < -0.3 is 16.2 Å². The number of β-amino-alcohol motifs (C(OH)–C–C–N with tert-alkyl or cyclic N) is 1. The van der Waals surface area contributed by atoms with Gasteiger partial charge in [-0.1, -0.05) is 6.07 Å². The van der Waals surface area contributed by atoms with Gasteiger partial charge >= 0.3 is 6.18 Å². The van der Waals surface area contributed by atoms with Crippen molar-refractivity contribution in [1.82, 2.24) is 24.3 Å². The van der Waals surface area contributed by atoms with Gasteiger partial charge in [-0.15, -0.1) is 0 Å². The number of hydrogen-bond acceptors (Lipinski definition) is 6. The van der Waals surface area contributed by atoms with Gasteiger partial charge in [0.25, 0.3) is 5.91 Å². The Labute approximate surface area is 259 Å². The molecule has 0 spiro atoms. The third kappa shape index (κ3) is 7.43. The van der Waals surface area contributed by atoms with Gasteiger partial charge in [0.15, 0.2) is 0 Å². The van der Waals surface area contributed by atoms with Crippen LogP contribution in [0, 0.1) is 5.82 Å². The second kappa shape index (κ2) is 13.4. The van der Waals surface area contributed by atoms with E-state index in [-0.39, 0.29) is 30.8 Å². The summed E-state index contributed by atoms with van der Waals surface area (Å²) in [5.74, 6) is -1.66. The molecule has 2 aliphatic heterocycles. The van der Waals surface area contributed by atoms with Crippen LogP contribution in [0.5, 0.6) is 0 Å². The lowest BCUT2D eigenvalue weighted by molar-refractivity contribution is -0.138. The highest BCUT2D eigenvalue weighted by Gasteiger charge is 2.35. The molecule has 1 saturated heterocycles. The molecule has 3 unspecified atom stereocenters. The van der Waals surface area contributed by atoms with E-state index in [0.29, 0.717) is 42.8 Å². The maximum atomic E-state index is 14.0. The Morgan fingerprint density at radius 3 is 2.56 bits per heavy atom. The van der Waals surface area contributed by atoms with E-state index in [0.717, 1.165) is 30.3 Å². The second-order valence-electron chi connectivity index (χ2n) is 11.3. The molecule has 3 atom stereocenters. The number of benzene rings is 2. The number of nitrogens with zero attached hydrogens (tertiary/aromatic N) is 4. The van der Waals surface area contributed by atoms with Crippen LogP contribution in [-0.2, 0) is 48.0 Å². The van der Waals surface area contributed by atoms with Crippen molar-refractivity contribution in [1.29, 1.82) is 0 Å². The van der Waals surface area contributed by atoms with Crippen LogP contribution in [0.1, 0.15) is 45.6 Å². The lowest BCUT2D eigenvalue weighted by atomic mass is 9.97. The van der Waals surface area contributed by atoms with Crippen LogP contribution >= 0.6 is 0 Å². The number of aliphatic hydroxyl groups excluding tert-OH is 1. The monoisotopic (exact) mass is 650 g/mol. The van der Waals surface area contributed by atoms with Crippen molar-refractivity contribution in [2.45, 2.75) is 57.2 Å². The summed E-state index contributed by atoms with van der Waals surface area (Å²) in [6, 6.07) is 7.75. The average Bonchev–Trinajstić information content (AvgIpc) is 3.60. The molecule has 2 amide bonds. The number of halogens is 4. The maximum Gasteiger partial charge on any atom is 0.416 e. The topological polar surface area (TPSA) is 134 Å². The Bertz CT molecular complexity index is 1600. The fourth-order valence-electron chi connectivity index (χ4n) is 6.01. The quantitative estimate of drug-likeness (QED) is 0.289. The Balaban J connectivity index is 1.46. The fourth-order valence-corrected chi connectivity index (χ4v) is 6.67. The number of aliphatic hydroxyl groups is 1. The molecule has 3 heterocycles. The highest BCUT2D eigenvalue weighted by molar-refractivity contribution is 7.81. The number of hydrogen-bond donors (Lipinski definition) is 3. The second-order valence-corrected chi connectivity index (χ2v) is 12.6. The van der Waals surface area contributed by atoms with E-state index < -0.39 is 59.0 Å². The summed E-state index contributed by atoms with van der Waals surface area (Å²) in [6.45, 7) is 1.12. The van der Waals surface area contributed by atoms with Crippen LogP contribution in [-0.4, -0.2) is 78.2 Å². The number of aromatic nitrogens is 2. The Hall–Kier alpha value is -3.66. The summed E-state index contributed by atoms with van der Waals surface area (Å²) < 4.78 is 71.0. The first kappa shape index (κ1) is 32.7. The Morgan fingerprint density at radius 2 is 1.89 bits per heavy atom. The van der Waals surface area contributed by atoms with Crippen molar-refractivity contribution in [3.63, 3.8) is 0 Å². The lowest BCUT2D eigenvalue weighted by Gasteiger charge is -2.27. The summed E-state index contributed by atoms with van der Waals surface area (Å²) in [6.07, 6.45) is -2.22. The number of carbonyl (C=O) groups excluding carboxylic acids is 2. The molecule has 0 bridgehead atoms. The van der Waals surface area contributed by atoms with E-state index in [4.69, 9.17) is 10.8 Å². The molecule has 3 aromatic rings. The zero-order chi connectivity index (χ0) is 32.5. The van der Waals surface area contributed by atoms with Crippen molar-refractivity contribution in [2.75, 3.05) is 25.9 Å². The molecule has 1 aromatic heterocycles. The van der Waals surface area contributed by atoms with Crippen LogP contribution in [0.4, 0.5) is 17.6 Å². The third-order valence-corrected chi connectivity index (χ3v) is 9.25. The van der Waals surface area contributed by atoms with E-state index in [9.17, 15) is 36.5 Å². The number of alkyl halides is 3. The summed E-state index contributed by atoms with van der Waals surface area (Å²) in [7, 11) is -1.31. The van der Waals surface area contributed by atoms with E-state index in [2.05, 4.69) is 5.32 Å². The first-order valence-corrected chi connectivity index (χ1v) is 16.0. The smallest absolute Gasteiger partial charge is 0.390 e. The van der Waals surface area contributed by atoms with Crippen molar-refractivity contribution in [3.05, 3.63) is 76.2 Å². The summed E-state index contributed by atoms with van der Waals surface area (Å²) in [5.41, 5.74) is 6.67. The number of fused-ring (bicyclic) bond motifs is 1. The largest absolute Gasteiger partial charge is 0.416 e. The number of likely N-dealkylation sites (tertiary alicyclic amines) is 1. The number of rotatable bonds is 10. The first-order chi connectivity index (χ1) is 21.3. The molecule has 5 rings (SSSR count). The van der Waals surface area contributed by atoms with Gasteiger partial charge in [-0.3, -0.25) is 19.2 Å². The molecule has 242 valence electrons. The number of carbonyl (C=O) groups is 2. The molecular formula is C30H34F4N6O4S. The summed E-state index contributed by atoms with van der Waals surface area (Å²) >= 11 is 0. The molecule has 10 nitrogen and oxygen atoms in total. The van der Waals surface area contributed by atoms with Crippen LogP contribution in [0.15, 0.2) is 42.5 Å². The van der Waals surface area contributed by atoms with Gasteiger partial charge in [0, 0.05) is 61.2 Å². The first-order valence-electron chi connectivity index (χ1n) is 14.4. The third-order valence-electron chi connectivity index (χ3n) is 8.21. The number of nitrogens with two attached hydrogens (primary N) is 1. The highest BCUT2D eigenvalue weighted by Crippen LogP contribution is 2.37. The van der Waals surface area contributed by atoms with Crippen LogP contribution < -0.4 is 11.1 Å². The Kier molecular flexibility index (Phi) is 9.72. The molecule has 2 aliphatic rings. The zero-order valence-corrected chi connectivity index (χ0v) is 25.3. The SMILES string of the molecule is CS(=O)N1CCc2c(c(-c3ccc(C(F)(F)F)c(CNC(=O)c4ccc(F)cc4)c3)nn2CC(O)CN2CCCC2C(N)=O)C1. The molecule has 4 N–H and O–H groups in total. The lowest BCUT2D eigenvalue weighted by Crippen LogP contribution is -2.44. The van der Waals surface area contributed by atoms with Gasteiger partial charge in [0.1, 0.15) is 5.82 Å². The average molecular weight is 651 g/mol. The van der Waals surface area contributed by atoms with Crippen molar-refractivity contribution >= 4 is 22.8 Å². The van der Waals surface area contributed by atoms with E-state index >= 15 is 0 Å². The molecule has 15 heteroatoms. The Morgan fingerprint density at radius 1 is 1.16 bits per heavy atom. The standard InChI is InChI=1S/C30H34F4N6O4S/c1-45(44)39-12-10-25-23(17-39)27(37-40(25)16-22(41)15-38-11-2-3-26(38)28(35)42)19-6-9-24(30(32,33)34)20(13-19)14-36-29(43)18-4-7-21(31)8-5-18/h4-9,13,22,26,41H,2-3,10-12,14-17H2,1H3,(H2,35,42)(H,36,43). The molecule has 1 fully saturated rings. The summed E-state index contributed by atoms with van der Waals surface area (Å²) in [5, 5.41) is 18.2. The fraction of sp³-hybridized carbons (Fsp3) is 0.433. The van der Waals surface area contributed by atoms with E-state index in [1.54, 1.807) is 15.2 Å². The number of nitrogens with one attached hydrogen (secondary N) is 1. The molecule has 0 saturated carbocycles. The van der Waals surface area contributed by atoms with Crippen LogP contribution in [0.3, 0.4) is 0 Å². The number of amides is 2. The van der Waals surface area contributed by atoms with Crippen molar-refractivity contribution < 1.29 is 36.5 Å². The molecule has 0 radical (unpaired) electrons. The van der Waals surface area contributed by atoms with Crippen molar-refractivity contribution in [3.8, 4) is 11.3 Å². The van der Waals surface area contributed by atoms with Gasteiger partial charge in [-0.25, -0.2) is 12.9 Å². The molecule has 2 aromatic carbocycles. The summed E-state index contributed by atoms with van der Waals surface area (Å²) in [4.78, 5) is 26.3. The van der Waals surface area contributed by atoms with Gasteiger partial charge in [0.05, 0.1) is 40.9 Å². The molecule has 0 aliphatic carbocycles. The maximum absolute atomic E-state index is 14.0. The van der Waals surface area contributed by atoms with Gasteiger partial charge in [-0.2, -0.15) is 18.3 Å². The number of primary amides is 1. The molecular weight excluding hydrogens is 616 g/mol. The minimum atomic E-state index is -4.70. The normalized spacial score (nSPS) is 18.8. The van der Waals surface area contributed by atoms with Crippen LogP contribution in [0.25, 0.3) is 11.3 Å².